The minimum absolute atomic E-state index is 0.00465. The van der Waals surface area contributed by atoms with Crippen molar-refractivity contribution in [2.24, 2.45) is 0 Å². The zero-order valence-corrected chi connectivity index (χ0v) is 20.6. The highest BCUT2D eigenvalue weighted by Crippen LogP contribution is 2.29. The third kappa shape index (κ3) is 7.70. The molecule has 0 atom stereocenters. The van der Waals surface area contributed by atoms with Crippen LogP contribution in [0.5, 0.6) is 5.75 Å². The van der Waals surface area contributed by atoms with Crippen molar-refractivity contribution in [1.29, 1.82) is 0 Å². The van der Waals surface area contributed by atoms with E-state index in [1.165, 1.54) is 38.4 Å². The summed E-state index contributed by atoms with van der Waals surface area (Å²) in [6, 6.07) is 22.8. The standard InChI is InChI=1S/C29H31NO4S/c31-24(21-23-6-2-3-7-28(23)29(32)33)20-22-8-12-26(13-9-22)35-27-14-10-25(11-15-27)34-19-18-30-16-4-1-5-17-30/h2-3,6-15H,1,4-5,16-21H2,(H,32,33). The van der Waals surface area contributed by atoms with E-state index in [2.05, 4.69) is 17.0 Å². The highest BCUT2D eigenvalue weighted by molar-refractivity contribution is 7.99. The number of likely N-dealkylation sites (tertiary alicyclic amines) is 1. The summed E-state index contributed by atoms with van der Waals surface area (Å²) in [7, 11) is 0. The van der Waals surface area contributed by atoms with E-state index in [-0.39, 0.29) is 24.2 Å². The first-order valence-electron chi connectivity index (χ1n) is 12.1. The Morgan fingerprint density at radius 1 is 0.829 bits per heavy atom. The van der Waals surface area contributed by atoms with E-state index in [4.69, 9.17) is 4.74 Å². The zero-order chi connectivity index (χ0) is 24.5. The van der Waals surface area contributed by atoms with Crippen molar-refractivity contribution in [3.8, 4) is 5.75 Å². The summed E-state index contributed by atoms with van der Waals surface area (Å²) < 4.78 is 5.91. The molecule has 0 amide bonds. The van der Waals surface area contributed by atoms with Gasteiger partial charge < -0.3 is 9.84 Å². The molecule has 1 N–H and O–H groups in total. The van der Waals surface area contributed by atoms with Crippen molar-refractivity contribution < 1.29 is 19.4 Å². The van der Waals surface area contributed by atoms with Gasteiger partial charge in [-0.2, -0.15) is 0 Å². The van der Waals surface area contributed by atoms with Crippen molar-refractivity contribution in [3.05, 3.63) is 89.5 Å². The Morgan fingerprint density at radius 3 is 2.17 bits per heavy atom. The van der Waals surface area contributed by atoms with E-state index in [9.17, 15) is 14.7 Å². The van der Waals surface area contributed by atoms with Crippen LogP contribution in [0.25, 0.3) is 0 Å². The number of benzene rings is 3. The number of piperidine rings is 1. The maximum Gasteiger partial charge on any atom is 0.335 e. The normalized spacial score (nSPS) is 13.9. The first-order chi connectivity index (χ1) is 17.1. The Balaban J connectivity index is 1.24. The van der Waals surface area contributed by atoms with Crippen LogP contribution in [0.1, 0.15) is 40.7 Å². The van der Waals surface area contributed by atoms with Gasteiger partial charge in [0, 0.05) is 29.2 Å². The molecule has 0 bridgehead atoms. The first-order valence-corrected chi connectivity index (χ1v) is 12.9. The van der Waals surface area contributed by atoms with E-state index in [0.29, 0.717) is 12.2 Å². The molecule has 1 saturated heterocycles. The molecule has 4 rings (SSSR count). The van der Waals surface area contributed by atoms with Crippen molar-refractivity contribution in [2.75, 3.05) is 26.2 Å². The van der Waals surface area contributed by atoms with Gasteiger partial charge in [-0.1, -0.05) is 48.5 Å². The Labute approximate surface area is 211 Å². The van der Waals surface area contributed by atoms with E-state index >= 15 is 0 Å². The molecule has 0 aromatic heterocycles. The average molecular weight is 490 g/mol. The van der Waals surface area contributed by atoms with Crippen LogP contribution in [0.3, 0.4) is 0 Å². The van der Waals surface area contributed by atoms with E-state index < -0.39 is 5.97 Å². The summed E-state index contributed by atoms with van der Waals surface area (Å²) in [6.07, 6.45) is 4.34. The third-order valence-corrected chi connectivity index (χ3v) is 7.16. The number of nitrogens with zero attached hydrogens (tertiary/aromatic N) is 1. The third-order valence-electron chi connectivity index (χ3n) is 6.14. The second-order valence-corrected chi connectivity index (χ2v) is 9.97. The summed E-state index contributed by atoms with van der Waals surface area (Å²) in [5.41, 5.74) is 1.66. The molecule has 0 radical (unpaired) electrons. The number of carbonyl (C=O) groups is 2. The highest BCUT2D eigenvalue weighted by Gasteiger charge is 2.13. The summed E-state index contributed by atoms with van der Waals surface area (Å²) in [6.45, 7) is 4.07. The van der Waals surface area contributed by atoms with Crippen LogP contribution in [0.4, 0.5) is 0 Å². The van der Waals surface area contributed by atoms with Gasteiger partial charge in [0.2, 0.25) is 0 Å². The molecule has 0 aliphatic carbocycles. The first kappa shape index (κ1) is 25.0. The molecule has 1 aliphatic heterocycles. The van der Waals surface area contributed by atoms with E-state index in [0.717, 1.165) is 27.6 Å². The predicted molar refractivity (Wildman–Crippen MR) is 139 cm³/mol. The van der Waals surface area contributed by atoms with Crippen LogP contribution < -0.4 is 4.74 Å². The number of aromatic carboxylic acids is 1. The van der Waals surface area contributed by atoms with Gasteiger partial charge in [0.05, 0.1) is 5.56 Å². The van der Waals surface area contributed by atoms with E-state index in [1.807, 2.05) is 36.4 Å². The summed E-state index contributed by atoms with van der Waals surface area (Å²) in [5, 5.41) is 9.30. The topological polar surface area (TPSA) is 66.8 Å². The molecule has 3 aromatic carbocycles. The number of ketones is 1. The van der Waals surface area contributed by atoms with Crippen LogP contribution in [0, 0.1) is 0 Å². The fourth-order valence-corrected chi connectivity index (χ4v) is 5.09. The van der Waals surface area contributed by atoms with Crippen molar-refractivity contribution in [2.45, 2.75) is 41.9 Å². The largest absolute Gasteiger partial charge is 0.492 e. The maximum atomic E-state index is 12.5. The van der Waals surface area contributed by atoms with Crippen LogP contribution in [-0.2, 0) is 17.6 Å². The number of ether oxygens (including phenoxy) is 1. The van der Waals surface area contributed by atoms with Gasteiger partial charge in [-0.05, 0) is 79.5 Å². The molecule has 1 aliphatic rings. The minimum Gasteiger partial charge on any atom is -0.492 e. The number of hydrogen-bond donors (Lipinski definition) is 1. The van der Waals surface area contributed by atoms with E-state index in [1.54, 1.807) is 30.0 Å². The number of carboxylic acid groups (broad SMARTS) is 1. The van der Waals surface area contributed by atoms with Crippen LogP contribution in [-0.4, -0.2) is 48.0 Å². The average Bonchev–Trinajstić information content (AvgIpc) is 2.87. The van der Waals surface area contributed by atoms with Gasteiger partial charge in [-0.3, -0.25) is 9.69 Å². The van der Waals surface area contributed by atoms with Crippen LogP contribution in [0.15, 0.2) is 82.6 Å². The Kier molecular flexibility index (Phi) is 8.98. The van der Waals surface area contributed by atoms with Gasteiger partial charge in [0.25, 0.3) is 0 Å². The van der Waals surface area contributed by atoms with Gasteiger partial charge in [0.15, 0.2) is 0 Å². The van der Waals surface area contributed by atoms with Crippen molar-refractivity contribution >= 4 is 23.5 Å². The maximum absolute atomic E-state index is 12.5. The van der Waals surface area contributed by atoms with Gasteiger partial charge in [0.1, 0.15) is 18.1 Å². The van der Waals surface area contributed by atoms with Crippen molar-refractivity contribution in [3.63, 3.8) is 0 Å². The number of carbonyl (C=O) groups excluding carboxylic acids is 1. The summed E-state index contributed by atoms with van der Waals surface area (Å²) in [5.74, 6) is -0.119. The molecule has 182 valence electrons. The fraction of sp³-hybridized carbons (Fsp3) is 0.310. The molecule has 1 fully saturated rings. The number of rotatable bonds is 11. The lowest BCUT2D eigenvalue weighted by Gasteiger charge is -2.26. The number of carboxylic acids is 1. The molecule has 6 heteroatoms. The monoisotopic (exact) mass is 489 g/mol. The minimum atomic E-state index is -1.01. The molecular weight excluding hydrogens is 458 g/mol. The Bertz CT molecular complexity index is 1120. The summed E-state index contributed by atoms with van der Waals surface area (Å²) >= 11 is 1.66. The molecular formula is C29H31NO4S. The molecule has 1 heterocycles. The van der Waals surface area contributed by atoms with Crippen LogP contribution >= 0.6 is 11.8 Å². The lowest BCUT2D eigenvalue weighted by Crippen LogP contribution is -2.33. The van der Waals surface area contributed by atoms with Gasteiger partial charge in [-0.25, -0.2) is 4.79 Å². The number of hydrogen-bond acceptors (Lipinski definition) is 5. The van der Waals surface area contributed by atoms with Crippen LogP contribution in [0.2, 0.25) is 0 Å². The molecule has 5 nitrogen and oxygen atoms in total. The molecule has 0 spiro atoms. The Hall–Kier alpha value is -3.09. The van der Waals surface area contributed by atoms with Crippen molar-refractivity contribution in [1.82, 2.24) is 4.90 Å². The summed E-state index contributed by atoms with van der Waals surface area (Å²) in [4.78, 5) is 28.6. The molecule has 0 saturated carbocycles. The lowest BCUT2D eigenvalue weighted by atomic mass is 9.99. The molecule has 35 heavy (non-hydrogen) atoms. The number of Topliss-reactive ketones (excluding diaryl/α,β-unsaturated/α-hetero) is 1. The predicted octanol–water partition coefficient (Wildman–Crippen LogP) is 5.76. The second-order valence-electron chi connectivity index (χ2n) is 8.82. The second kappa shape index (κ2) is 12.6. The quantitative estimate of drug-likeness (QED) is 0.370. The molecule has 3 aromatic rings. The molecule has 0 unspecified atom stereocenters. The SMILES string of the molecule is O=C(Cc1ccc(Sc2ccc(OCCN3CCCCC3)cc2)cc1)Cc1ccccc1C(=O)O. The zero-order valence-electron chi connectivity index (χ0n) is 19.8. The highest BCUT2D eigenvalue weighted by atomic mass is 32.2. The smallest absolute Gasteiger partial charge is 0.335 e. The van der Waals surface area contributed by atoms with Gasteiger partial charge >= 0.3 is 5.97 Å². The Morgan fingerprint density at radius 2 is 1.49 bits per heavy atom. The fourth-order valence-electron chi connectivity index (χ4n) is 4.28. The lowest BCUT2D eigenvalue weighted by molar-refractivity contribution is -0.117. The van der Waals surface area contributed by atoms with Gasteiger partial charge in [-0.15, -0.1) is 0 Å².